The number of alkyl halides is 2. The summed E-state index contributed by atoms with van der Waals surface area (Å²) in [7, 11) is 0. The highest BCUT2D eigenvalue weighted by Crippen LogP contribution is 2.34. The first-order valence-corrected chi connectivity index (χ1v) is 5.56. The summed E-state index contributed by atoms with van der Waals surface area (Å²) in [6.07, 6.45) is 1.25. The predicted octanol–water partition coefficient (Wildman–Crippen LogP) is 3.01. The largest absolute Gasteiger partial charge is 0.297 e. The van der Waals surface area contributed by atoms with Crippen LogP contribution in [0.5, 0.6) is 0 Å². The van der Waals surface area contributed by atoms with Gasteiger partial charge in [-0.1, -0.05) is 20.8 Å². The van der Waals surface area contributed by atoms with Gasteiger partial charge in [0.25, 0.3) is 5.92 Å². The van der Waals surface area contributed by atoms with Gasteiger partial charge in [-0.25, -0.2) is 8.78 Å². The van der Waals surface area contributed by atoms with Gasteiger partial charge < -0.3 is 0 Å². The van der Waals surface area contributed by atoms with Crippen molar-refractivity contribution >= 4 is 0 Å². The summed E-state index contributed by atoms with van der Waals surface area (Å²) in [6, 6.07) is 0. The number of rotatable bonds is 3. The van der Waals surface area contributed by atoms with Crippen molar-refractivity contribution in [3.63, 3.8) is 0 Å². The molecule has 0 aliphatic carbocycles. The van der Waals surface area contributed by atoms with Crippen LogP contribution in [0.2, 0.25) is 0 Å². The van der Waals surface area contributed by atoms with Crippen molar-refractivity contribution in [3.8, 4) is 0 Å². The first kappa shape index (κ1) is 11.9. The Morgan fingerprint density at radius 2 is 2.07 bits per heavy atom. The van der Waals surface area contributed by atoms with Gasteiger partial charge in [0.1, 0.15) is 0 Å². The van der Waals surface area contributed by atoms with Crippen LogP contribution in [-0.2, 0) is 0 Å². The quantitative estimate of drug-likeness (QED) is 0.684. The molecule has 1 aliphatic heterocycles. The van der Waals surface area contributed by atoms with Gasteiger partial charge in [-0.3, -0.25) is 4.90 Å². The SMILES string of the molecule is CCC1CCN(CC(C)C)CC1(F)F. The fraction of sp³-hybridized carbons (Fsp3) is 1.00. The molecule has 0 aromatic heterocycles. The molecule has 0 saturated carbocycles. The number of hydrogen-bond donors (Lipinski definition) is 0. The Hall–Kier alpha value is -0.180. The lowest BCUT2D eigenvalue weighted by molar-refractivity contribution is -0.113. The maximum Gasteiger partial charge on any atom is 0.263 e. The Morgan fingerprint density at radius 3 is 2.50 bits per heavy atom. The summed E-state index contributed by atoms with van der Waals surface area (Å²) < 4.78 is 27.1. The van der Waals surface area contributed by atoms with Crippen molar-refractivity contribution in [2.45, 2.75) is 39.5 Å². The van der Waals surface area contributed by atoms with Gasteiger partial charge in [-0.15, -0.1) is 0 Å². The van der Waals surface area contributed by atoms with Crippen LogP contribution in [0.25, 0.3) is 0 Å². The predicted molar refractivity (Wildman–Crippen MR) is 54.6 cm³/mol. The second-order valence-corrected chi connectivity index (χ2v) is 4.78. The van der Waals surface area contributed by atoms with E-state index in [1.807, 2.05) is 11.8 Å². The number of piperidine rings is 1. The average Bonchev–Trinajstić information content (AvgIpc) is 2.01. The lowest BCUT2D eigenvalue weighted by atomic mass is 9.90. The zero-order valence-electron chi connectivity index (χ0n) is 9.39. The molecule has 3 heteroatoms. The monoisotopic (exact) mass is 205 g/mol. The number of halogens is 2. The molecule has 0 spiro atoms. The normalized spacial score (nSPS) is 28.3. The molecule has 0 N–H and O–H groups in total. The topological polar surface area (TPSA) is 3.24 Å². The van der Waals surface area contributed by atoms with E-state index in [0.29, 0.717) is 18.8 Å². The first-order chi connectivity index (χ1) is 6.45. The highest BCUT2D eigenvalue weighted by atomic mass is 19.3. The third kappa shape index (κ3) is 2.91. The molecule has 1 atom stereocenters. The molecule has 1 aliphatic rings. The van der Waals surface area contributed by atoms with Crippen LogP contribution >= 0.6 is 0 Å². The molecule has 0 aromatic carbocycles. The molecule has 84 valence electrons. The summed E-state index contributed by atoms with van der Waals surface area (Å²) >= 11 is 0. The van der Waals surface area contributed by atoms with E-state index >= 15 is 0 Å². The number of nitrogens with zero attached hydrogens (tertiary/aromatic N) is 1. The molecule has 14 heavy (non-hydrogen) atoms. The zero-order valence-corrected chi connectivity index (χ0v) is 9.39. The Balaban J connectivity index is 2.49. The van der Waals surface area contributed by atoms with Crippen molar-refractivity contribution < 1.29 is 8.78 Å². The third-order valence-corrected chi connectivity index (χ3v) is 2.94. The van der Waals surface area contributed by atoms with Gasteiger partial charge >= 0.3 is 0 Å². The molecular weight excluding hydrogens is 184 g/mol. The van der Waals surface area contributed by atoms with Crippen LogP contribution in [0, 0.1) is 11.8 Å². The van der Waals surface area contributed by atoms with E-state index in [4.69, 9.17) is 0 Å². The molecule has 0 radical (unpaired) electrons. The Morgan fingerprint density at radius 1 is 1.43 bits per heavy atom. The van der Waals surface area contributed by atoms with Crippen LogP contribution in [0.4, 0.5) is 8.78 Å². The highest BCUT2D eigenvalue weighted by molar-refractivity contribution is 4.86. The van der Waals surface area contributed by atoms with Crippen LogP contribution in [0.15, 0.2) is 0 Å². The molecule has 0 bridgehead atoms. The molecule has 1 unspecified atom stereocenters. The standard InChI is InChI=1S/C11H21F2N/c1-4-10-5-6-14(7-9(2)3)8-11(10,12)13/h9-10H,4-8H2,1-3H3. The summed E-state index contributed by atoms with van der Waals surface area (Å²) in [4.78, 5) is 1.90. The summed E-state index contributed by atoms with van der Waals surface area (Å²) in [6.45, 7) is 7.60. The van der Waals surface area contributed by atoms with Gasteiger partial charge in [0.05, 0.1) is 6.54 Å². The number of hydrogen-bond acceptors (Lipinski definition) is 1. The second kappa shape index (κ2) is 4.56. The number of likely N-dealkylation sites (tertiary alicyclic amines) is 1. The lowest BCUT2D eigenvalue weighted by Crippen LogP contribution is -2.49. The Kier molecular flexibility index (Phi) is 3.87. The van der Waals surface area contributed by atoms with Crippen LogP contribution in [-0.4, -0.2) is 30.5 Å². The molecule has 1 nitrogen and oxygen atoms in total. The van der Waals surface area contributed by atoms with Gasteiger partial charge in [0, 0.05) is 12.5 Å². The maximum absolute atomic E-state index is 13.5. The Bertz CT molecular complexity index is 180. The first-order valence-electron chi connectivity index (χ1n) is 5.56. The van der Waals surface area contributed by atoms with Gasteiger partial charge in [0.15, 0.2) is 0 Å². The zero-order chi connectivity index (χ0) is 10.8. The average molecular weight is 205 g/mol. The highest BCUT2D eigenvalue weighted by Gasteiger charge is 2.43. The molecule has 1 heterocycles. The van der Waals surface area contributed by atoms with E-state index in [1.165, 1.54) is 0 Å². The van der Waals surface area contributed by atoms with E-state index < -0.39 is 11.8 Å². The van der Waals surface area contributed by atoms with Crippen LogP contribution in [0.1, 0.15) is 33.6 Å². The van der Waals surface area contributed by atoms with E-state index in [0.717, 1.165) is 13.1 Å². The van der Waals surface area contributed by atoms with Crippen molar-refractivity contribution in [2.24, 2.45) is 11.8 Å². The van der Waals surface area contributed by atoms with Crippen molar-refractivity contribution in [1.29, 1.82) is 0 Å². The van der Waals surface area contributed by atoms with Crippen molar-refractivity contribution in [1.82, 2.24) is 4.90 Å². The molecule has 0 amide bonds. The summed E-state index contributed by atoms with van der Waals surface area (Å²) in [5, 5.41) is 0. The van der Waals surface area contributed by atoms with Crippen LogP contribution < -0.4 is 0 Å². The van der Waals surface area contributed by atoms with Gasteiger partial charge in [0.2, 0.25) is 0 Å². The minimum Gasteiger partial charge on any atom is -0.297 e. The van der Waals surface area contributed by atoms with Gasteiger partial charge in [-0.2, -0.15) is 0 Å². The summed E-state index contributed by atoms with van der Waals surface area (Å²) in [5.74, 6) is -2.39. The van der Waals surface area contributed by atoms with Gasteiger partial charge in [-0.05, 0) is 25.3 Å². The molecule has 1 saturated heterocycles. The third-order valence-electron chi connectivity index (χ3n) is 2.94. The van der Waals surface area contributed by atoms with E-state index in [1.54, 1.807) is 0 Å². The molecular formula is C11H21F2N. The second-order valence-electron chi connectivity index (χ2n) is 4.78. The van der Waals surface area contributed by atoms with E-state index in [2.05, 4.69) is 13.8 Å². The molecule has 1 rings (SSSR count). The molecule has 0 aromatic rings. The van der Waals surface area contributed by atoms with Crippen LogP contribution in [0.3, 0.4) is 0 Å². The van der Waals surface area contributed by atoms with Crippen molar-refractivity contribution in [2.75, 3.05) is 19.6 Å². The lowest BCUT2D eigenvalue weighted by Gasteiger charge is -2.38. The maximum atomic E-state index is 13.5. The van der Waals surface area contributed by atoms with E-state index in [9.17, 15) is 8.78 Å². The summed E-state index contributed by atoms with van der Waals surface area (Å²) in [5.41, 5.74) is 0. The Labute approximate surface area is 85.5 Å². The minimum atomic E-state index is -2.47. The molecule has 1 fully saturated rings. The smallest absolute Gasteiger partial charge is 0.263 e. The van der Waals surface area contributed by atoms with E-state index in [-0.39, 0.29) is 6.54 Å². The fourth-order valence-electron chi connectivity index (χ4n) is 2.23. The van der Waals surface area contributed by atoms with Crippen molar-refractivity contribution in [3.05, 3.63) is 0 Å². The minimum absolute atomic E-state index is 0.0380. The fourth-order valence-corrected chi connectivity index (χ4v) is 2.23.